The first-order valence-electron chi connectivity index (χ1n) is 9.08. The summed E-state index contributed by atoms with van der Waals surface area (Å²) in [6.07, 6.45) is 1.32. The molecule has 3 aromatic carbocycles. The van der Waals surface area contributed by atoms with E-state index in [0.29, 0.717) is 11.3 Å². The normalized spacial score (nSPS) is 10.8. The fourth-order valence-corrected chi connectivity index (χ4v) is 2.85. The molecule has 0 saturated carbocycles. The van der Waals surface area contributed by atoms with Gasteiger partial charge in [-0.3, -0.25) is 9.59 Å². The van der Waals surface area contributed by atoms with Crippen LogP contribution in [0.2, 0.25) is 10.0 Å². The molecule has 164 valence electrons. The van der Waals surface area contributed by atoms with Gasteiger partial charge < -0.3 is 10.1 Å². The molecule has 2 amide bonds. The molecule has 0 fully saturated rings. The quantitative estimate of drug-likeness (QED) is 0.299. The maximum Gasteiger partial charge on any atom is 0.329 e. The second kappa shape index (κ2) is 10.7. The Morgan fingerprint density at radius 1 is 0.938 bits per heavy atom. The van der Waals surface area contributed by atoms with Gasteiger partial charge in [-0.25, -0.2) is 14.2 Å². The topological polar surface area (TPSA) is 79.8 Å². The number of halogens is 4. The van der Waals surface area contributed by atoms with Gasteiger partial charge in [-0.05, 0) is 60.2 Å². The van der Waals surface area contributed by atoms with E-state index < -0.39 is 23.4 Å². The minimum atomic E-state index is -1.02. The summed E-state index contributed by atoms with van der Waals surface area (Å²) in [7, 11) is 0. The summed E-state index contributed by atoms with van der Waals surface area (Å²) < 4.78 is 32.4. The van der Waals surface area contributed by atoms with Crippen LogP contribution in [-0.2, 0) is 16.2 Å². The zero-order valence-electron chi connectivity index (χ0n) is 16.2. The molecule has 6 nitrogen and oxygen atoms in total. The van der Waals surface area contributed by atoms with Crippen LogP contribution in [-0.4, -0.2) is 18.0 Å². The zero-order valence-corrected chi connectivity index (χ0v) is 17.8. The molecule has 0 unspecified atom stereocenters. The molecule has 10 heteroatoms. The number of carbonyl (C=O) groups is 2. The van der Waals surface area contributed by atoms with Crippen LogP contribution in [0.25, 0.3) is 0 Å². The van der Waals surface area contributed by atoms with E-state index >= 15 is 0 Å². The molecule has 0 atom stereocenters. The fourth-order valence-electron chi connectivity index (χ4n) is 2.45. The van der Waals surface area contributed by atoms with Gasteiger partial charge in [-0.1, -0.05) is 29.3 Å². The first-order chi connectivity index (χ1) is 15.3. The predicted octanol–water partition coefficient (Wildman–Crippen LogP) is 4.94. The number of hydrogen-bond acceptors (Lipinski definition) is 4. The standard InChI is InChI=1S/C22H15Cl2F2N3O3/c23-17-2-1-3-19(25)16(17)12-32-15-7-4-13(5-8-15)11-27-29-22(31)21(30)28-14-6-9-20(26)18(24)10-14/h1-11H,12H2,(H,28,30)(H,29,31)/b27-11+. The maximum atomic E-state index is 13.8. The largest absolute Gasteiger partial charge is 0.489 e. The highest BCUT2D eigenvalue weighted by molar-refractivity contribution is 6.39. The Morgan fingerprint density at radius 2 is 1.69 bits per heavy atom. The van der Waals surface area contributed by atoms with E-state index in [1.807, 2.05) is 0 Å². The number of benzene rings is 3. The number of nitrogens with zero attached hydrogens (tertiary/aromatic N) is 1. The van der Waals surface area contributed by atoms with Gasteiger partial charge in [-0.15, -0.1) is 0 Å². The first kappa shape index (κ1) is 23.2. The van der Waals surface area contributed by atoms with E-state index in [2.05, 4.69) is 15.8 Å². The van der Waals surface area contributed by atoms with Crippen molar-refractivity contribution in [2.75, 3.05) is 5.32 Å². The summed E-state index contributed by atoms with van der Waals surface area (Å²) in [4.78, 5) is 23.7. The van der Waals surface area contributed by atoms with Crippen LogP contribution in [0.3, 0.4) is 0 Å². The summed E-state index contributed by atoms with van der Waals surface area (Å²) in [5.41, 5.74) is 3.09. The highest BCUT2D eigenvalue weighted by atomic mass is 35.5. The second-order valence-corrected chi connectivity index (χ2v) is 7.15. The molecular formula is C22H15Cl2F2N3O3. The molecular weight excluding hydrogens is 463 g/mol. The first-order valence-corrected chi connectivity index (χ1v) is 9.84. The van der Waals surface area contributed by atoms with E-state index in [0.717, 1.165) is 6.07 Å². The van der Waals surface area contributed by atoms with Crippen LogP contribution < -0.4 is 15.5 Å². The Balaban J connectivity index is 1.50. The third-order valence-corrected chi connectivity index (χ3v) is 4.73. The van der Waals surface area contributed by atoms with Gasteiger partial charge in [-0.2, -0.15) is 5.10 Å². The molecule has 2 N–H and O–H groups in total. The second-order valence-electron chi connectivity index (χ2n) is 6.34. The Kier molecular flexibility index (Phi) is 7.75. The Bertz CT molecular complexity index is 1150. The third kappa shape index (κ3) is 6.26. The fraction of sp³-hybridized carbons (Fsp3) is 0.0455. The summed E-state index contributed by atoms with van der Waals surface area (Å²) in [6, 6.07) is 14.4. The zero-order chi connectivity index (χ0) is 23.1. The molecule has 3 rings (SSSR count). The van der Waals surface area contributed by atoms with Gasteiger partial charge in [0.25, 0.3) is 0 Å². The Hall–Kier alpha value is -3.49. The summed E-state index contributed by atoms with van der Waals surface area (Å²) in [5.74, 6) is -2.65. The maximum absolute atomic E-state index is 13.8. The van der Waals surface area contributed by atoms with Gasteiger partial charge in [0, 0.05) is 11.3 Å². The predicted molar refractivity (Wildman–Crippen MR) is 118 cm³/mol. The van der Waals surface area contributed by atoms with Crippen molar-refractivity contribution in [3.8, 4) is 5.75 Å². The van der Waals surface area contributed by atoms with Crippen molar-refractivity contribution in [3.63, 3.8) is 0 Å². The van der Waals surface area contributed by atoms with Crippen molar-refractivity contribution in [1.29, 1.82) is 0 Å². The summed E-state index contributed by atoms with van der Waals surface area (Å²) in [6.45, 7) is -0.0383. The molecule has 0 aromatic heterocycles. The third-order valence-electron chi connectivity index (χ3n) is 4.09. The van der Waals surface area contributed by atoms with Crippen molar-refractivity contribution in [2.45, 2.75) is 6.61 Å². The number of amides is 2. The van der Waals surface area contributed by atoms with Gasteiger partial charge in [0.05, 0.1) is 16.3 Å². The minimum absolute atomic E-state index is 0.0383. The van der Waals surface area contributed by atoms with Crippen molar-refractivity contribution in [1.82, 2.24) is 5.43 Å². The van der Waals surface area contributed by atoms with Crippen molar-refractivity contribution in [2.24, 2.45) is 5.10 Å². The smallest absolute Gasteiger partial charge is 0.329 e. The number of hydrazone groups is 1. The minimum Gasteiger partial charge on any atom is -0.489 e. The lowest BCUT2D eigenvalue weighted by atomic mass is 10.2. The monoisotopic (exact) mass is 477 g/mol. The lowest BCUT2D eigenvalue weighted by molar-refractivity contribution is -0.136. The molecule has 0 heterocycles. The van der Waals surface area contributed by atoms with Crippen molar-refractivity contribution in [3.05, 3.63) is 93.5 Å². The van der Waals surface area contributed by atoms with Crippen LogP contribution >= 0.6 is 23.2 Å². The molecule has 0 aliphatic heterocycles. The molecule has 0 bridgehead atoms. The molecule has 0 spiro atoms. The van der Waals surface area contributed by atoms with E-state index in [9.17, 15) is 18.4 Å². The van der Waals surface area contributed by atoms with Gasteiger partial charge in [0.1, 0.15) is 24.0 Å². The number of carbonyl (C=O) groups excluding carboxylic acids is 2. The molecule has 0 saturated heterocycles. The SMILES string of the molecule is O=C(N/N=C/c1ccc(OCc2c(F)cccc2Cl)cc1)C(=O)Nc1ccc(F)c(Cl)c1. The molecule has 3 aromatic rings. The molecule has 0 aliphatic rings. The highest BCUT2D eigenvalue weighted by Crippen LogP contribution is 2.22. The lowest BCUT2D eigenvalue weighted by Crippen LogP contribution is -2.32. The van der Waals surface area contributed by atoms with Crippen molar-refractivity contribution >= 4 is 46.9 Å². The van der Waals surface area contributed by atoms with E-state index in [1.54, 1.807) is 30.3 Å². The van der Waals surface area contributed by atoms with Crippen LogP contribution in [0.1, 0.15) is 11.1 Å². The van der Waals surface area contributed by atoms with Gasteiger partial charge in [0.2, 0.25) is 0 Å². The molecule has 0 radical (unpaired) electrons. The summed E-state index contributed by atoms with van der Waals surface area (Å²) in [5, 5.41) is 6.06. The Labute approximate surface area is 191 Å². The lowest BCUT2D eigenvalue weighted by Gasteiger charge is -2.09. The highest BCUT2D eigenvalue weighted by Gasteiger charge is 2.13. The summed E-state index contributed by atoms with van der Waals surface area (Å²) >= 11 is 11.6. The van der Waals surface area contributed by atoms with Crippen LogP contribution in [0.4, 0.5) is 14.5 Å². The van der Waals surface area contributed by atoms with Gasteiger partial charge >= 0.3 is 11.8 Å². The Morgan fingerprint density at radius 3 is 2.38 bits per heavy atom. The van der Waals surface area contributed by atoms with Crippen LogP contribution in [0, 0.1) is 11.6 Å². The number of nitrogens with one attached hydrogen (secondary N) is 2. The van der Waals surface area contributed by atoms with Crippen molar-refractivity contribution < 1.29 is 23.1 Å². The average Bonchev–Trinajstić information content (AvgIpc) is 2.77. The van der Waals surface area contributed by atoms with Crippen LogP contribution in [0.5, 0.6) is 5.75 Å². The van der Waals surface area contributed by atoms with E-state index in [1.165, 1.54) is 30.5 Å². The molecule has 0 aliphatic carbocycles. The average molecular weight is 478 g/mol. The van der Waals surface area contributed by atoms with Gasteiger partial charge in [0.15, 0.2) is 0 Å². The number of rotatable bonds is 6. The number of hydrogen-bond donors (Lipinski definition) is 2. The molecule has 32 heavy (non-hydrogen) atoms. The van der Waals surface area contributed by atoms with Crippen LogP contribution in [0.15, 0.2) is 65.8 Å². The van der Waals surface area contributed by atoms with E-state index in [-0.39, 0.29) is 27.9 Å². The number of anilines is 1. The van der Waals surface area contributed by atoms with E-state index in [4.69, 9.17) is 27.9 Å². The number of ether oxygens (including phenoxy) is 1.